The normalized spacial score (nSPS) is 10.2. The standard InChI is InChI=1S/C19H22N2O4/c1-24-12-6-11-20-19(23)16-9-3-4-10-17(16)21-18(22)14-7-5-8-15(13-14)25-2/h3-5,7-10,13H,6,11-12H2,1-2H3,(H,20,23)(H,21,22). The molecule has 25 heavy (non-hydrogen) atoms. The van der Waals surface area contributed by atoms with Gasteiger partial charge in [0.1, 0.15) is 5.75 Å². The summed E-state index contributed by atoms with van der Waals surface area (Å²) in [5.74, 6) is 0.0491. The van der Waals surface area contributed by atoms with Gasteiger partial charge in [-0.3, -0.25) is 9.59 Å². The van der Waals surface area contributed by atoms with Crippen LogP contribution in [0.3, 0.4) is 0 Å². The average Bonchev–Trinajstić information content (AvgIpc) is 2.65. The number of carbonyl (C=O) groups excluding carboxylic acids is 2. The fourth-order valence-corrected chi connectivity index (χ4v) is 2.26. The van der Waals surface area contributed by atoms with Gasteiger partial charge >= 0.3 is 0 Å². The number of amides is 2. The van der Waals surface area contributed by atoms with Crippen LogP contribution in [0.1, 0.15) is 27.1 Å². The second-order valence-electron chi connectivity index (χ2n) is 5.33. The van der Waals surface area contributed by atoms with Crippen molar-refractivity contribution in [2.45, 2.75) is 6.42 Å². The summed E-state index contributed by atoms with van der Waals surface area (Å²) in [6.45, 7) is 1.08. The first-order valence-corrected chi connectivity index (χ1v) is 7.97. The van der Waals surface area contributed by atoms with Crippen molar-refractivity contribution in [3.63, 3.8) is 0 Å². The van der Waals surface area contributed by atoms with Crippen molar-refractivity contribution >= 4 is 17.5 Å². The molecule has 0 aliphatic carbocycles. The molecule has 0 aliphatic heterocycles. The lowest BCUT2D eigenvalue weighted by Crippen LogP contribution is -2.26. The van der Waals surface area contributed by atoms with Gasteiger partial charge in [-0.2, -0.15) is 0 Å². The number of hydrogen-bond acceptors (Lipinski definition) is 4. The molecule has 0 aliphatic rings. The predicted octanol–water partition coefficient (Wildman–Crippen LogP) is 2.71. The Balaban J connectivity index is 2.09. The van der Waals surface area contributed by atoms with Crippen molar-refractivity contribution in [2.75, 3.05) is 32.7 Å². The summed E-state index contributed by atoms with van der Waals surface area (Å²) in [4.78, 5) is 24.8. The topological polar surface area (TPSA) is 76.7 Å². The van der Waals surface area contributed by atoms with Crippen LogP contribution >= 0.6 is 0 Å². The summed E-state index contributed by atoms with van der Waals surface area (Å²) in [5, 5.41) is 5.60. The number of rotatable bonds is 8. The molecule has 0 saturated heterocycles. The summed E-state index contributed by atoms with van der Waals surface area (Å²) < 4.78 is 10.1. The predicted molar refractivity (Wildman–Crippen MR) is 96.2 cm³/mol. The SMILES string of the molecule is COCCCNC(=O)c1ccccc1NC(=O)c1cccc(OC)c1. The molecule has 2 amide bonds. The molecule has 2 aromatic carbocycles. The first-order valence-electron chi connectivity index (χ1n) is 7.97. The number of methoxy groups -OCH3 is 2. The third-order valence-corrected chi connectivity index (χ3v) is 3.56. The maximum absolute atomic E-state index is 12.4. The molecule has 0 bridgehead atoms. The van der Waals surface area contributed by atoms with E-state index in [1.807, 2.05) is 0 Å². The average molecular weight is 342 g/mol. The van der Waals surface area contributed by atoms with Crippen LogP contribution in [0.5, 0.6) is 5.75 Å². The summed E-state index contributed by atoms with van der Waals surface area (Å²) >= 11 is 0. The van der Waals surface area contributed by atoms with Crippen molar-refractivity contribution in [1.29, 1.82) is 0 Å². The van der Waals surface area contributed by atoms with E-state index >= 15 is 0 Å². The van der Waals surface area contributed by atoms with Crippen LogP contribution in [0.25, 0.3) is 0 Å². The fourth-order valence-electron chi connectivity index (χ4n) is 2.26. The van der Waals surface area contributed by atoms with Gasteiger partial charge in [-0.25, -0.2) is 0 Å². The largest absolute Gasteiger partial charge is 0.497 e. The Morgan fingerprint density at radius 3 is 2.56 bits per heavy atom. The zero-order valence-corrected chi connectivity index (χ0v) is 14.4. The van der Waals surface area contributed by atoms with Gasteiger partial charge in [0.2, 0.25) is 0 Å². The van der Waals surface area contributed by atoms with Crippen LogP contribution in [0.4, 0.5) is 5.69 Å². The smallest absolute Gasteiger partial charge is 0.255 e. The van der Waals surface area contributed by atoms with Gasteiger partial charge in [-0.1, -0.05) is 18.2 Å². The third-order valence-electron chi connectivity index (χ3n) is 3.56. The molecule has 0 aromatic heterocycles. The Hall–Kier alpha value is -2.86. The summed E-state index contributed by atoms with van der Waals surface area (Å²) in [6.07, 6.45) is 0.723. The summed E-state index contributed by atoms with van der Waals surface area (Å²) in [5.41, 5.74) is 1.32. The summed E-state index contributed by atoms with van der Waals surface area (Å²) in [6, 6.07) is 13.7. The van der Waals surface area contributed by atoms with Crippen LogP contribution in [-0.2, 0) is 4.74 Å². The van der Waals surface area contributed by atoms with Gasteiger partial charge in [-0.05, 0) is 36.8 Å². The van der Waals surface area contributed by atoms with E-state index in [0.717, 1.165) is 6.42 Å². The molecule has 2 aromatic rings. The number of hydrogen-bond donors (Lipinski definition) is 2. The van der Waals surface area contributed by atoms with E-state index in [1.165, 1.54) is 0 Å². The molecular formula is C19H22N2O4. The van der Waals surface area contributed by atoms with Crippen LogP contribution in [0.15, 0.2) is 48.5 Å². The Labute approximate surface area is 147 Å². The Bertz CT molecular complexity index is 731. The van der Waals surface area contributed by atoms with Gasteiger partial charge in [0, 0.05) is 25.8 Å². The lowest BCUT2D eigenvalue weighted by atomic mass is 10.1. The van der Waals surface area contributed by atoms with E-state index in [1.54, 1.807) is 62.8 Å². The van der Waals surface area contributed by atoms with E-state index < -0.39 is 0 Å². The first-order chi connectivity index (χ1) is 12.2. The molecule has 132 valence electrons. The minimum atomic E-state index is -0.307. The molecule has 0 fully saturated rings. The quantitative estimate of drug-likeness (QED) is 0.723. The molecule has 0 radical (unpaired) electrons. The lowest BCUT2D eigenvalue weighted by Gasteiger charge is -2.12. The molecular weight excluding hydrogens is 320 g/mol. The van der Waals surface area contributed by atoms with E-state index in [9.17, 15) is 9.59 Å². The maximum Gasteiger partial charge on any atom is 0.255 e. The van der Waals surface area contributed by atoms with Crippen LogP contribution in [0.2, 0.25) is 0 Å². The summed E-state index contributed by atoms with van der Waals surface area (Å²) in [7, 11) is 3.16. The number of carbonyl (C=O) groups is 2. The van der Waals surface area contributed by atoms with E-state index in [2.05, 4.69) is 10.6 Å². The Morgan fingerprint density at radius 2 is 1.80 bits per heavy atom. The molecule has 6 heteroatoms. The second-order valence-corrected chi connectivity index (χ2v) is 5.33. The molecule has 2 rings (SSSR count). The van der Waals surface area contributed by atoms with Crippen LogP contribution < -0.4 is 15.4 Å². The van der Waals surface area contributed by atoms with Gasteiger partial charge < -0.3 is 20.1 Å². The maximum atomic E-state index is 12.4. The van der Waals surface area contributed by atoms with Gasteiger partial charge in [0.25, 0.3) is 11.8 Å². The highest BCUT2D eigenvalue weighted by molar-refractivity contribution is 6.09. The molecule has 0 spiro atoms. The Kier molecular flexibility index (Phi) is 6.98. The highest BCUT2D eigenvalue weighted by Crippen LogP contribution is 2.18. The number of anilines is 1. The fraction of sp³-hybridized carbons (Fsp3) is 0.263. The highest BCUT2D eigenvalue weighted by atomic mass is 16.5. The lowest BCUT2D eigenvalue weighted by molar-refractivity contribution is 0.0949. The van der Waals surface area contributed by atoms with E-state index in [0.29, 0.717) is 35.7 Å². The molecule has 2 N–H and O–H groups in total. The van der Waals surface area contributed by atoms with Crippen molar-refractivity contribution < 1.29 is 19.1 Å². The van der Waals surface area contributed by atoms with E-state index in [-0.39, 0.29) is 11.8 Å². The van der Waals surface area contributed by atoms with Crippen LogP contribution in [0, 0.1) is 0 Å². The number of benzene rings is 2. The number of nitrogens with one attached hydrogen (secondary N) is 2. The number of para-hydroxylation sites is 1. The first kappa shape index (κ1) is 18.5. The minimum absolute atomic E-state index is 0.238. The van der Waals surface area contributed by atoms with E-state index in [4.69, 9.17) is 9.47 Å². The second kappa shape index (κ2) is 9.44. The molecule has 0 atom stereocenters. The molecule has 0 saturated carbocycles. The third kappa shape index (κ3) is 5.32. The molecule has 0 unspecified atom stereocenters. The zero-order chi connectivity index (χ0) is 18.1. The zero-order valence-electron chi connectivity index (χ0n) is 14.4. The van der Waals surface area contributed by atoms with Gasteiger partial charge in [0.15, 0.2) is 0 Å². The van der Waals surface area contributed by atoms with Crippen molar-refractivity contribution in [3.05, 3.63) is 59.7 Å². The van der Waals surface area contributed by atoms with Crippen molar-refractivity contribution in [2.24, 2.45) is 0 Å². The van der Waals surface area contributed by atoms with Crippen LogP contribution in [-0.4, -0.2) is 39.2 Å². The van der Waals surface area contributed by atoms with Gasteiger partial charge in [0.05, 0.1) is 18.4 Å². The van der Waals surface area contributed by atoms with Crippen molar-refractivity contribution in [3.8, 4) is 5.75 Å². The Morgan fingerprint density at radius 1 is 1.00 bits per heavy atom. The highest BCUT2D eigenvalue weighted by Gasteiger charge is 2.14. The van der Waals surface area contributed by atoms with Crippen molar-refractivity contribution in [1.82, 2.24) is 5.32 Å². The molecule has 0 heterocycles. The minimum Gasteiger partial charge on any atom is -0.497 e. The molecule has 6 nitrogen and oxygen atoms in total. The number of ether oxygens (including phenoxy) is 2. The monoisotopic (exact) mass is 342 g/mol. The van der Waals surface area contributed by atoms with Gasteiger partial charge in [-0.15, -0.1) is 0 Å².